The molecule has 0 fully saturated rings. The number of hydrogen-bond acceptors (Lipinski definition) is 2. The summed E-state index contributed by atoms with van der Waals surface area (Å²) in [4.78, 5) is 12.1. The highest BCUT2D eigenvalue weighted by Crippen LogP contribution is 2.29. The lowest BCUT2D eigenvalue weighted by Gasteiger charge is -2.21. The maximum Gasteiger partial charge on any atom is 0.393 e. The van der Waals surface area contributed by atoms with Gasteiger partial charge in [-0.25, -0.2) is 4.39 Å². The number of hydrogen-bond donors (Lipinski definition) is 2. The maximum absolute atomic E-state index is 12.7. The molecule has 0 spiro atoms. The molecule has 0 aliphatic carbocycles. The fraction of sp³-hybridized carbons (Fsp3) is 0.455. The maximum atomic E-state index is 12.7. The standard InChI is InChI=1S/C11H13F4N3OS/c1-6(9(16)19)8-7(4-11(13,14)15)2-3-18(5-12)10(20)17-8/h2-3,6H,4-5H2,1H3,(H2,16,19)(H,17,20)/t6-/m0/s1. The highest BCUT2D eigenvalue weighted by atomic mass is 32.1. The van der Waals surface area contributed by atoms with Gasteiger partial charge in [-0.3, -0.25) is 9.69 Å². The summed E-state index contributed by atoms with van der Waals surface area (Å²) in [6, 6.07) is 0. The average Bonchev–Trinajstić information content (AvgIpc) is 2.46. The Morgan fingerprint density at radius 2 is 2.15 bits per heavy atom. The molecule has 0 bridgehead atoms. The number of amides is 1. The second-order valence-corrected chi connectivity index (χ2v) is 4.58. The van der Waals surface area contributed by atoms with Crippen LogP contribution in [0.3, 0.4) is 0 Å². The third-order valence-corrected chi connectivity index (χ3v) is 3.02. The molecule has 0 radical (unpaired) electrons. The van der Waals surface area contributed by atoms with Crippen LogP contribution in [-0.4, -0.2) is 28.9 Å². The first-order valence-electron chi connectivity index (χ1n) is 5.56. The molecule has 0 aromatic carbocycles. The number of nitrogens with two attached hydrogens (primary N) is 1. The van der Waals surface area contributed by atoms with Crippen molar-refractivity contribution < 1.29 is 22.4 Å². The molecule has 0 saturated carbocycles. The Morgan fingerprint density at radius 1 is 1.55 bits per heavy atom. The van der Waals surface area contributed by atoms with Crippen molar-refractivity contribution in [2.24, 2.45) is 11.7 Å². The van der Waals surface area contributed by atoms with E-state index in [4.69, 9.17) is 18.0 Å². The van der Waals surface area contributed by atoms with Gasteiger partial charge < -0.3 is 11.1 Å². The Hall–Kier alpha value is -1.64. The van der Waals surface area contributed by atoms with E-state index >= 15 is 0 Å². The van der Waals surface area contributed by atoms with Gasteiger partial charge in [0.1, 0.15) is 0 Å². The number of thiocarbonyl (C=S) groups is 1. The summed E-state index contributed by atoms with van der Waals surface area (Å²) in [5, 5.41) is 2.33. The molecule has 0 aromatic heterocycles. The van der Waals surface area contributed by atoms with E-state index in [1.165, 1.54) is 6.92 Å². The molecule has 1 aliphatic rings. The van der Waals surface area contributed by atoms with Gasteiger partial charge in [0.25, 0.3) is 0 Å². The molecule has 1 rings (SSSR count). The van der Waals surface area contributed by atoms with Gasteiger partial charge in [0.05, 0.1) is 12.3 Å². The molecule has 1 amide bonds. The van der Waals surface area contributed by atoms with Crippen molar-refractivity contribution in [1.82, 2.24) is 10.2 Å². The smallest absolute Gasteiger partial charge is 0.369 e. The van der Waals surface area contributed by atoms with Crippen LogP contribution in [0, 0.1) is 5.92 Å². The van der Waals surface area contributed by atoms with Gasteiger partial charge in [-0.15, -0.1) is 0 Å². The van der Waals surface area contributed by atoms with Crippen molar-refractivity contribution in [3.05, 3.63) is 23.5 Å². The lowest BCUT2D eigenvalue weighted by atomic mass is 9.99. The molecule has 0 saturated heterocycles. The minimum absolute atomic E-state index is 0.0629. The number of nitrogens with one attached hydrogen (secondary N) is 1. The summed E-state index contributed by atoms with van der Waals surface area (Å²) in [6.07, 6.45) is -3.58. The van der Waals surface area contributed by atoms with Gasteiger partial charge in [-0.05, 0) is 30.8 Å². The summed E-state index contributed by atoms with van der Waals surface area (Å²) < 4.78 is 50.3. The van der Waals surface area contributed by atoms with Crippen LogP contribution in [0.2, 0.25) is 0 Å². The molecule has 0 unspecified atom stereocenters. The Balaban J connectivity index is 3.22. The lowest BCUT2D eigenvalue weighted by Crippen LogP contribution is -2.38. The zero-order valence-electron chi connectivity index (χ0n) is 10.5. The Kier molecular flexibility index (Phi) is 5.09. The van der Waals surface area contributed by atoms with E-state index in [1.807, 2.05) is 0 Å². The second kappa shape index (κ2) is 6.21. The zero-order valence-corrected chi connectivity index (χ0v) is 11.3. The van der Waals surface area contributed by atoms with Gasteiger partial charge in [-0.2, -0.15) is 13.2 Å². The normalized spacial score (nSPS) is 17.9. The summed E-state index contributed by atoms with van der Waals surface area (Å²) in [7, 11) is 0. The molecule has 9 heteroatoms. The van der Waals surface area contributed by atoms with Crippen LogP contribution < -0.4 is 11.1 Å². The van der Waals surface area contributed by atoms with Gasteiger partial charge in [0.2, 0.25) is 5.91 Å². The van der Waals surface area contributed by atoms with Crippen molar-refractivity contribution in [3.63, 3.8) is 0 Å². The number of allylic oxidation sites excluding steroid dienone is 2. The Bertz CT molecular complexity index is 473. The van der Waals surface area contributed by atoms with E-state index < -0.39 is 31.2 Å². The molecule has 1 heterocycles. The number of alkyl halides is 4. The van der Waals surface area contributed by atoms with Crippen molar-refractivity contribution >= 4 is 23.2 Å². The minimum Gasteiger partial charge on any atom is -0.369 e. The molecule has 4 nitrogen and oxygen atoms in total. The highest BCUT2D eigenvalue weighted by molar-refractivity contribution is 7.80. The number of carbonyl (C=O) groups is 1. The molecule has 1 atom stereocenters. The van der Waals surface area contributed by atoms with Crippen LogP contribution in [0.4, 0.5) is 17.6 Å². The number of primary amides is 1. The largest absolute Gasteiger partial charge is 0.393 e. The van der Waals surface area contributed by atoms with Gasteiger partial charge in [-0.1, -0.05) is 0 Å². The highest BCUT2D eigenvalue weighted by Gasteiger charge is 2.32. The van der Waals surface area contributed by atoms with Crippen LogP contribution in [-0.2, 0) is 4.79 Å². The molecule has 112 valence electrons. The summed E-state index contributed by atoms with van der Waals surface area (Å²) in [5.41, 5.74) is 4.84. The molecule has 0 aromatic rings. The minimum atomic E-state index is -4.48. The second-order valence-electron chi connectivity index (χ2n) is 4.19. The number of carbonyl (C=O) groups excluding carboxylic acids is 1. The predicted octanol–water partition coefficient (Wildman–Crippen LogP) is 1.95. The zero-order chi connectivity index (χ0) is 15.5. The first-order chi connectivity index (χ1) is 9.15. The summed E-state index contributed by atoms with van der Waals surface area (Å²) >= 11 is 4.85. The predicted molar refractivity (Wildman–Crippen MR) is 68.7 cm³/mol. The van der Waals surface area contributed by atoms with Crippen LogP contribution in [0.25, 0.3) is 0 Å². The quantitative estimate of drug-likeness (QED) is 0.473. The Labute approximate surface area is 118 Å². The van der Waals surface area contributed by atoms with E-state index in [0.29, 0.717) is 0 Å². The number of rotatable bonds is 4. The molecule has 1 aliphatic heterocycles. The van der Waals surface area contributed by atoms with Gasteiger partial charge in [0, 0.05) is 11.9 Å². The fourth-order valence-corrected chi connectivity index (χ4v) is 1.82. The van der Waals surface area contributed by atoms with Crippen LogP contribution in [0.5, 0.6) is 0 Å². The summed E-state index contributed by atoms with van der Waals surface area (Å²) in [5.74, 6) is -1.81. The fourth-order valence-electron chi connectivity index (χ4n) is 1.60. The molecular weight excluding hydrogens is 298 g/mol. The van der Waals surface area contributed by atoms with Crippen molar-refractivity contribution in [2.75, 3.05) is 6.80 Å². The molecule has 3 N–H and O–H groups in total. The molecule has 20 heavy (non-hydrogen) atoms. The first kappa shape index (κ1) is 16.4. The van der Waals surface area contributed by atoms with E-state index in [2.05, 4.69) is 5.32 Å². The SMILES string of the molecule is C[C@H](C(N)=O)C1=C(CC(F)(F)F)C=CN(CF)C(=S)N1. The van der Waals surface area contributed by atoms with Crippen LogP contribution in [0.1, 0.15) is 13.3 Å². The van der Waals surface area contributed by atoms with E-state index in [-0.39, 0.29) is 16.4 Å². The van der Waals surface area contributed by atoms with E-state index in [0.717, 1.165) is 17.2 Å². The van der Waals surface area contributed by atoms with Gasteiger partial charge in [0.15, 0.2) is 11.9 Å². The first-order valence-corrected chi connectivity index (χ1v) is 5.97. The third-order valence-electron chi connectivity index (χ3n) is 2.68. The number of nitrogens with zero attached hydrogens (tertiary/aromatic N) is 1. The lowest BCUT2D eigenvalue weighted by molar-refractivity contribution is -0.127. The van der Waals surface area contributed by atoms with E-state index in [1.54, 1.807) is 0 Å². The Morgan fingerprint density at radius 3 is 2.60 bits per heavy atom. The number of halogens is 4. The van der Waals surface area contributed by atoms with Crippen molar-refractivity contribution in [3.8, 4) is 0 Å². The topological polar surface area (TPSA) is 58.4 Å². The third kappa shape index (κ3) is 4.19. The molecular formula is C11H13F4N3OS. The van der Waals surface area contributed by atoms with Crippen molar-refractivity contribution in [1.29, 1.82) is 0 Å². The van der Waals surface area contributed by atoms with Crippen LogP contribution >= 0.6 is 12.2 Å². The van der Waals surface area contributed by atoms with Gasteiger partial charge >= 0.3 is 6.18 Å². The monoisotopic (exact) mass is 311 g/mol. The van der Waals surface area contributed by atoms with Crippen molar-refractivity contribution in [2.45, 2.75) is 19.5 Å². The average molecular weight is 311 g/mol. The summed E-state index contributed by atoms with van der Waals surface area (Å²) in [6.45, 7) is 0.350. The van der Waals surface area contributed by atoms with E-state index in [9.17, 15) is 22.4 Å². The van der Waals surface area contributed by atoms with Crippen LogP contribution in [0.15, 0.2) is 23.5 Å².